The highest BCUT2D eigenvalue weighted by atomic mass is 32.2. The molecule has 0 aromatic heterocycles. The summed E-state index contributed by atoms with van der Waals surface area (Å²) in [5, 5.41) is 17.4. The monoisotopic (exact) mass is 360 g/mol. The largest absolute Gasteiger partial charge is 0.340 e. The molecule has 2 atom stereocenters. The van der Waals surface area contributed by atoms with Gasteiger partial charge >= 0.3 is 0 Å². The molecule has 0 aliphatic rings. The van der Waals surface area contributed by atoms with Gasteiger partial charge < -0.3 is 4.90 Å². The first kappa shape index (κ1) is 20.8. The number of carbonyl (C=O) groups is 1. The Morgan fingerprint density at radius 1 is 1.16 bits per heavy atom. The van der Waals surface area contributed by atoms with Gasteiger partial charge in [0.1, 0.15) is 0 Å². The van der Waals surface area contributed by atoms with Gasteiger partial charge in [0.25, 0.3) is 0 Å². The summed E-state index contributed by atoms with van der Waals surface area (Å²) in [4.78, 5) is 16.7. The van der Waals surface area contributed by atoms with E-state index in [1.807, 2.05) is 55.3 Å². The molecular formula is C18H24N4O2S. The van der Waals surface area contributed by atoms with E-state index in [9.17, 15) is 9.00 Å². The highest BCUT2D eigenvalue weighted by Gasteiger charge is 2.19. The molecular weight excluding hydrogens is 336 g/mol. The molecule has 1 amide bonds. The van der Waals surface area contributed by atoms with Crippen LogP contribution in [0.1, 0.15) is 31.4 Å². The molecule has 0 N–H and O–H groups in total. The fourth-order valence-electron chi connectivity index (χ4n) is 2.37. The quantitative estimate of drug-likeness (QED) is 0.673. The molecule has 134 valence electrons. The summed E-state index contributed by atoms with van der Waals surface area (Å²) in [5.74, 6) is -0.0915. The highest BCUT2D eigenvalue weighted by Crippen LogP contribution is 2.20. The molecule has 1 aromatic carbocycles. The maximum atomic E-state index is 12.5. The van der Waals surface area contributed by atoms with Gasteiger partial charge in [0.05, 0.1) is 31.5 Å². The first-order valence-electron chi connectivity index (χ1n) is 8.06. The lowest BCUT2D eigenvalue weighted by Gasteiger charge is -2.28. The summed E-state index contributed by atoms with van der Waals surface area (Å²) in [7, 11) is 0.852. The Labute approximate surface area is 152 Å². The number of hydrogen-bond donors (Lipinski definition) is 0. The van der Waals surface area contributed by atoms with Crippen LogP contribution in [0.25, 0.3) is 0 Å². The predicted octanol–water partition coefficient (Wildman–Crippen LogP) is 2.07. The standard InChI is InChI=1S/C18H24N4O2S/c1-15(16-6-8-17(9-7-16)25(3)24)21(2)14-18(23)22(12-4-10-19)13-5-11-20/h6-9,15H,4-5,12-14H2,1-3H3. The second-order valence-corrected chi connectivity index (χ2v) is 7.19. The third-order valence-electron chi connectivity index (χ3n) is 4.08. The Morgan fingerprint density at radius 3 is 2.12 bits per heavy atom. The average Bonchev–Trinajstić information content (AvgIpc) is 2.61. The van der Waals surface area contributed by atoms with E-state index in [1.54, 1.807) is 11.2 Å². The Kier molecular flexibility index (Phi) is 8.83. The number of amides is 1. The van der Waals surface area contributed by atoms with Crippen molar-refractivity contribution in [3.63, 3.8) is 0 Å². The Balaban J connectivity index is 2.72. The minimum atomic E-state index is -1.01. The molecule has 0 fully saturated rings. The number of rotatable bonds is 9. The molecule has 25 heavy (non-hydrogen) atoms. The Morgan fingerprint density at radius 2 is 1.68 bits per heavy atom. The minimum Gasteiger partial charge on any atom is -0.340 e. The first-order chi connectivity index (χ1) is 11.9. The fraction of sp³-hybridized carbons (Fsp3) is 0.500. The zero-order chi connectivity index (χ0) is 18.8. The van der Waals surface area contributed by atoms with E-state index >= 15 is 0 Å². The molecule has 0 saturated carbocycles. The van der Waals surface area contributed by atoms with Crippen molar-refractivity contribution in [3.05, 3.63) is 29.8 Å². The van der Waals surface area contributed by atoms with Crippen molar-refractivity contribution in [1.82, 2.24) is 9.80 Å². The van der Waals surface area contributed by atoms with E-state index in [2.05, 4.69) is 0 Å². The Bertz CT molecular complexity index is 658. The third-order valence-corrected chi connectivity index (χ3v) is 5.02. The molecule has 0 radical (unpaired) electrons. The zero-order valence-electron chi connectivity index (χ0n) is 14.9. The average molecular weight is 360 g/mol. The molecule has 0 aliphatic carbocycles. The molecule has 2 unspecified atom stereocenters. The maximum absolute atomic E-state index is 12.5. The van der Waals surface area contributed by atoms with Crippen LogP contribution < -0.4 is 0 Å². The van der Waals surface area contributed by atoms with Gasteiger partial charge in [-0.1, -0.05) is 12.1 Å². The molecule has 1 aromatic rings. The van der Waals surface area contributed by atoms with Gasteiger partial charge in [-0.25, -0.2) is 0 Å². The Hall–Kier alpha value is -2.22. The van der Waals surface area contributed by atoms with Gasteiger partial charge in [-0.15, -0.1) is 0 Å². The molecule has 0 saturated heterocycles. The van der Waals surface area contributed by atoms with Gasteiger partial charge in [0.15, 0.2) is 0 Å². The topological polar surface area (TPSA) is 88.2 Å². The third kappa shape index (κ3) is 6.66. The predicted molar refractivity (Wildman–Crippen MR) is 96.9 cm³/mol. The van der Waals surface area contributed by atoms with Crippen LogP contribution in [0.5, 0.6) is 0 Å². The van der Waals surface area contributed by atoms with Crippen LogP contribution in [0.3, 0.4) is 0 Å². The number of likely N-dealkylation sites (N-methyl/N-ethyl adjacent to an activating group) is 1. The van der Waals surface area contributed by atoms with E-state index in [0.717, 1.165) is 10.5 Å². The van der Waals surface area contributed by atoms with Crippen LogP contribution >= 0.6 is 0 Å². The smallest absolute Gasteiger partial charge is 0.236 e. The second-order valence-electron chi connectivity index (χ2n) is 5.81. The van der Waals surface area contributed by atoms with E-state index in [1.165, 1.54) is 0 Å². The maximum Gasteiger partial charge on any atom is 0.236 e. The van der Waals surface area contributed by atoms with E-state index in [-0.39, 0.29) is 31.3 Å². The summed E-state index contributed by atoms with van der Waals surface area (Å²) < 4.78 is 11.5. The highest BCUT2D eigenvalue weighted by molar-refractivity contribution is 7.84. The molecule has 6 nitrogen and oxygen atoms in total. The number of benzene rings is 1. The second kappa shape index (κ2) is 10.6. The minimum absolute atomic E-state index is 0.0112. The molecule has 0 spiro atoms. The van der Waals surface area contributed by atoms with Crippen LogP contribution in [0.2, 0.25) is 0 Å². The fourth-order valence-corrected chi connectivity index (χ4v) is 2.89. The molecule has 0 bridgehead atoms. The van der Waals surface area contributed by atoms with Crippen LogP contribution in [0.4, 0.5) is 0 Å². The van der Waals surface area contributed by atoms with Gasteiger partial charge in [0.2, 0.25) is 5.91 Å². The first-order valence-corrected chi connectivity index (χ1v) is 9.61. The van der Waals surface area contributed by atoms with E-state index in [0.29, 0.717) is 13.1 Å². The summed E-state index contributed by atoms with van der Waals surface area (Å²) in [6.07, 6.45) is 2.15. The van der Waals surface area contributed by atoms with Gasteiger partial charge in [-0.05, 0) is 31.7 Å². The van der Waals surface area contributed by atoms with Gasteiger partial charge in [0, 0.05) is 41.1 Å². The number of carbonyl (C=O) groups excluding carboxylic acids is 1. The van der Waals surface area contributed by atoms with Crippen LogP contribution in [-0.4, -0.2) is 52.9 Å². The van der Waals surface area contributed by atoms with E-state index in [4.69, 9.17) is 10.5 Å². The number of hydrogen-bond acceptors (Lipinski definition) is 5. The summed E-state index contributed by atoms with van der Waals surface area (Å²) >= 11 is 0. The number of nitriles is 2. The normalized spacial score (nSPS) is 12.9. The molecule has 7 heteroatoms. The van der Waals surface area contributed by atoms with Crippen LogP contribution in [0.15, 0.2) is 29.2 Å². The van der Waals surface area contributed by atoms with Crippen molar-refractivity contribution in [3.8, 4) is 12.1 Å². The van der Waals surface area contributed by atoms with Crippen molar-refractivity contribution >= 4 is 16.7 Å². The van der Waals surface area contributed by atoms with Crippen molar-refractivity contribution in [2.75, 3.05) is 32.9 Å². The summed E-state index contributed by atoms with van der Waals surface area (Å²) in [5.41, 5.74) is 1.03. The zero-order valence-corrected chi connectivity index (χ0v) is 15.8. The molecule has 0 heterocycles. The SMILES string of the molecule is CC(c1ccc(S(C)=O)cc1)N(C)CC(=O)N(CCC#N)CCC#N. The summed E-state index contributed by atoms with van der Waals surface area (Å²) in [6, 6.07) is 11.6. The van der Waals surface area contributed by atoms with Crippen molar-refractivity contribution < 1.29 is 9.00 Å². The van der Waals surface area contributed by atoms with Gasteiger partial charge in [-0.3, -0.25) is 13.9 Å². The molecule has 0 aliphatic heterocycles. The molecule has 1 rings (SSSR count). The van der Waals surface area contributed by atoms with Crippen LogP contribution in [0, 0.1) is 22.7 Å². The lowest BCUT2D eigenvalue weighted by molar-refractivity contribution is -0.132. The lowest BCUT2D eigenvalue weighted by atomic mass is 10.1. The van der Waals surface area contributed by atoms with E-state index < -0.39 is 10.8 Å². The van der Waals surface area contributed by atoms with Crippen molar-refractivity contribution in [2.24, 2.45) is 0 Å². The van der Waals surface area contributed by atoms with Crippen molar-refractivity contribution in [1.29, 1.82) is 10.5 Å². The van der Waals surface area contributed by atoms with Gasteiger partial charge in [-0.2, -0.15) is 10.5 Å². The summed E-state index contributed by atoms with van der Waals surface area (Å²) in [6.45, 7) is 2.89. The number of nitrogens with zero attached hydrogens (tertiary/aromatic N) is 4. The lowest BCUT2D eigenvalue weighted by Crippen LogP contribution is -2.40. The van der Waals surface area contributed by atoms with Crippen LogP contribution in [-0.2, 0) is 15.6 Å². The van der Waals surface area contributed by atoms with Crippen molar-refractivity contribution in [2.45, 2.75) is 30.7 Å².